The summed E-state index contributed by atoms with van der Waals surface area (Å²) in [5.74, 6) is 0.377. The standard InChI is InChI=1S/C12H19N3O/c1-9(2)7-10(3)14-15-12(16)11-5-4-6-13-8-11/h5,8-9H,4,6-7H2,1-3H3,(H,15,16). The molecule has 1 heterocycles. The van der Waals surface area contributed by atoms with Crippen molar-refractivity contribution >= 4 is 17.8 Å². The number of dihydropyridines is 1. The van der Waals surface area contributed by atoms with Gasteiger partial charge in [0.05, 0.1) is 5.57 Å². The summed E-state index contributed by atoms with van der Waals surface area (Å²) in [6.45, 7) is 6.93. The Morgan fingerprint density at radius 2 is 2.38 bits per heavy atom. The lowest BCUT2D eigenvalue weighted by atomic mass is 10.1. The minimum absolute atomic E-state index is 0.174. The third kappa shape index (κ3) is 4.38. The molecule has 0 spiro atoms. The van der Waals surface area contributed by atoms with Crippen LogP contribution in [0.2, 0.25) is 0 Å². The van der Waals surface area contributed by atoms with Gasteiger partial charge in [0, 0.05) is 18.5 Å². The summed E-state index contributed by atoms with van der Waals surface area (Å²) in [5.41, 5.74) is 4.09. The molecule has 0 bridgehead atoms. The van der Waals surface area contributed by atoms with Crippen LogP contribution in [0.3, 0.4) is 0 Å². The van der Waals surface area contributed by atoms with Crippen molar-refractivity contribution in [3.8, 4) is 0 Å². The van der Waals surface area contributed by atoms with Crippen molar-refractivity contribution in [2.24, 2.45) is 16.0 Å². The molecule has 0 aromatic rings. The van der Waals surface area contributed by atoms with Crippen LogP contribution in [0.4, 0.5) is 0 Å². The highest BCUT2D eigenvalue weighted by molar-refractivity contribution is 6.12. The molecule has 16 heavy (non-hydrogen) atoms. The highest BCUT2D eigenvalue weighted by Gasteiger charge is 2.08. The van der Waals surface area contributed by atoms with Gasteiger partial charge in [-0.3, -0.25) is 9.79 Å². The maximum Gasteiger partial charge on any atom is 0.272 e. The molecule has 0 aliphatic carbocycles. The lowest BCUT2D eigenvalue weighted by Crippen LogP contribution is -2.23. The minimum atomic E-state index is -0.174. The van der Waals surface area contributed by atoms with Crippen LogP contribution in [0.5, 0.6) is 0 Å². The quantitative estimate of drug-likeness (QED) is 0.572. The molecule has 1 aliphatic rings. The van der Waals surface area contributed by atoms with Crippen LogP contribution in [0, 0.1) is 5.92 Å². The zero-order chi connectivity index (χ0) is 12.0. The Labute approximate surface area is 96.5 Å². The second-order valence-electron chi connectivity index (χ2n) is 4.37. The summed E-state index contributed by atoms with van der Waals surface area (Å²) >= 11 is 0. The molecule has 0 aromatic heterocycles. The van der Waals surface area contributed by atoms with E-state index in [1.54, 1.807) is 6.21 Å². The molecule has 1 aliphatic heterocycles. The highest BCUT2D eigenvalue weighted by Crippen LogP contribution is 2.02. The smallest absolute Gasteiger partial charge is 0.272 e. The number of hydrogen-bond acceptors (Lipinski definition) is 3. The predicted molar refractivity (Wildman–Crippen MR) is 66.8 cm³/mol. The molecule has 0 aromatic carbocycles. The van der Waals surface area contributed by atoms with Crippen LogP contribution in [-0.4, -0.2) is 24.4 Å². The third-order valence-corrected chi connectivity index (χ3v) is 2.17. The Balaban J connectivity index is 2.45. The van der Waals surface area contributed by atoms with Crippen molar-refractivity contribution in [2.45, 2.75) is 33.6 Å². The Hall–Kier alpha value is -1.45. The number of hydrazone groups is 1. The Bertz CT molecular complexity index is 340. The summed E-state index contributed by atoms with van der Waals surface area (Å²) in [6.07, 6.45) is 5.21. The second-order valence-corrected chi connectivity index (χ2v) is 4.37. The lowest BCUT2D eigenvalue weighted by Gasteiger charge is -2.06. The second kappa shape index (κ2) is 6.20. The van der Waals surface area contributed by atoms with E-state index in [1.165, 1.54) is 0 Å². The first kappa shape index (κ1) is 12.6. The van der Waals surface area contributed by atoms with Gasteiger partial charge in [-0.05, 0) is 25.7 Å². The number of aliphatic imine (C=N–C) groups is 1. The maximum atomic E-state index is 11.6. The molecule has 0 saturated carbocycles. The van der Waals surface area contributed by atoms with E-state index in [2.05, 4.69) is 29.4 Å². The van der Waals surface area contributed by atoms with Gasteiger partial charge in [-0.1, -0.05) is 19.9 Å². The van der Waals surface area contributed by atoms with Crippen LogP contribution in [0.25, 0.3) is 0 Å². The van der Waals surface area contributed by atoms with E-state index in [1.807, 2.05) is 13.0 Å². The van der Waals surface area contributed by atoms with E-state index >= 15 is 0 Å². The maximum absolute atomic E-state index is 11.6. The SMILES string of the molecule is CC(CC(C)C)=NNC(=O)C1=CCCN=C1. The summed E-state index contributed by atoms with van der Waals surface area (Å²) < 4.78 is 0. The van der Waals surface area contributed by atoms with Gasteiger partial charge in [0.15, 0.2) is 0 Å². The molecule has 0 atom stereocenters. The van der Waals surface area contributed by atoms with Crippen LogP contribution in [0.1, 0.15) is 33.6 Å². The summed E-state index contributed by atoms with van der Waals surface area (Å²) in [4.78, 5) is 15.7. The zero-order valence-corrected chi connectivity index (χ0v) is 10.2. The number of nitrogens with one attached hydrogen (secondary N) is 1. The van der Waals surface area contributed by atoms with Gasteiger partial charge in [-0.15, -0.1) is 0 Å². The fraction of sp³-hybridized carbons (Fsp3) is 0.583. The Kier molecular flexibility index (Phi) is 4.89. The Morgan fingerprint density at radius 3 is 2.94 bits per heavy atom. The van der Waals surface area contributed by atoms with Crippen molar-refractivity contribution in [3.05, 3.63) is 11.6 Å². The molecule has 0 unspecified atom stereocenters. The molecule has 1 rings (SSSR count). The zero-order valence-electron chi connectivity index (χ0n) is 10.2. The van der Waals surface area contributed by atoms with E-state index in [0.717, 1.165) is 25.1 Å². The third-order valence-electron chi connectivity index (χ3n) is 2.17. The minimum Gasteiger partial charge on any atom is -0.292 e. The van der Waals surface area contributed by atoms with Gasteiger partial charge in [0.2, 0.25) is 0 Å². The highest BCUT2D eigenvalue weighted by atomic mass is 16.2. The first-order valence-electron chi connectivity index (χ1n) is 5.63. The summed E-state index contributed by atoms with van der Waals surface area (Å²) in [6, 6.07) is 0. The van der Waals surface area contributed by atoms with Crippen LogP contribution in [0.15, 0.2) is 21.7 Å². The van der Waals surface area contributed by atoms with Crippen LogP contribution >= 0.6 is 0 Å². The average Bonchev–Trinajstić information content (AvgIpc) is 2.26. The number of amides is 1. The van der Waals surface area contributed by atoms with Crippen LogP contribution in [-0.2, 0) is 4.79 Å². The van der Waals surface area contributed by atoms with E-state index < -0.39 is 0 Å². The van der Waals surface area contributed by atoms with Gasteiger partial charge < -0.3 is 0 Å². The molecule has 4 heteroatoms. The number of rotatable bonds is 4. The van der Waals surface area contributed by atoms with Crippen molar-refractivity contribution < 1.29 is 4.79 Å². The molecule has 0 saturated heterocycles. The predicted octanol–water partition coefficient (Wildman–Crippen LogP) is 1.93. The molecule has 0 fully saturated rings. The van der Waals surface area contributed by atoms with E-state index in [9.17, 15) is 4.79 Å². The van der Waals surface area contributed by atoms with E-state index in [4.69, 9.17) is 0 Å². The lowest BCUT2D eigenvalue weighted by molar-refractivity contribution is -0.117. The monoisotopic (exact) mass is 221 g/mol. The van der Waals surface area contributed by atoms with Gasteiger partial charge in [0.1, 0.15) is 0 Å². The van der Waals surface area contributed by atoms with Gasteiger partial charge in [-0.25, -0.2) is 5.43 Å². The topological polar surface area (TPSA) is 53.8 Å². The average molecular weight is 221 g/mol. The molecular weight excluding hydrogens is 202 g/mol. The molecule has 88 valence electrons. The molecule has 4 nitrogen and oxygen atoms in total. The Morgan fingerprint density at radius 1 is 1.62 bits per heavy atom. The molecular formula is C12H19N3O. The van der Waals surface area contributed by atoms with Gasteiger partial charge >= 0.3 is 0 Å². The molecule has 1 N–H and O–H groups in total. The van der Waals surface area contributed by atoms with Gasteiger partial charge in [0.25, 0.3) is 5.91 Å². The first-order valence-corrected chi connectivity index (χ1v) is 5.63. The summed E-state index contributed by atoms with van der Waals surface area (Å²) in [7, 11) is 0. The molecule has 1 amide bonds. The van der Waals surface area contributed by atoms with Crippen molar-refractivity contribution in [1.82, 2.24) is 5.43 Å². The number of carbonyl (C=O) groups excluding carboxylic acids is 1. The van der Waals surface area contributed by atoms with E-state index in [0.29, 0.717) is 11.5 Å². The van der Waals surface area contributed by atoms with Crippen molar-refractivity contribution in [3.63, 3.8) is 0 Å². The van der Waals surface area contributed by atoms with Gasteiger partial charge in [-0.2, -0.15) is 5.10 Å². The van der Waals surface area contributed by atoms with Crippen molar-refractivity contribution in [1.29, 1.82) is 0 Å². The normalized spacial score (nSPS) is 16.2. The van der Waals surface area contributed by atoms with Crippen LogP contribution < -0.4 is 5.43 Å². The van der Waals surface area contributed by atoms with E-state index in [-0.39, 0.29) is 5.91 Å². The number of carbonyl (C=O) groups is 1. The van der Waals surface area contributed by atoms with Crippen molar-refractivity contribution in [2.75, 3.05) is 6.54 Å². The fourth-order valence-corrected chi connectivity index (χ4v) is 1.51. The molecule has 0 radical (unpaired) electrons. The number of hydrogen-bond donors (Lipinski definition) is 1. The number of nitrogens with zero attached hydrogens (tertiary/aromatic N) is 2. The largest absolute Gasteiger partial charge is 0.292 e. The first-order chi connectivity index (χ1) is 7.59. The summed E-state index contributed by atoms with van der Waals surface area (Å²) in [5, 5.41) is 4.05. The fourth-order valence-electron chi connectivity index (χ4n) is 1.51.